The summed E-state index contributed by atoms with van der Waals surface area (Å²) in [5.74, 6) is -2.47. The third-order valence-corrected chi connectivity index (χ3v) is 2.15. The Kier molecular flexibility index (Phi) is 4.85. The lowest BCUT2D eigenvalue weighted by atomic mass is 10.3. The highest BCUT2D eigenvalue weighted by molar-refractivity contribution is 5.89. The lowest BCUT2D eigenvalue weighted by Gasteiger charge is -2.15. The van der Waals surface area contributed by atoms with Crippen LogP contribution in [0.25, 0.3) is 0 Å². The maximum Gasteiger partial charge on any atom is 0.319 e. The number of rotatable bonds is 5. The zero-order chi connectivity index (χ0) is 13.6. The highest BCUT2D eigenvalue weighted by atomic mass is 19.3. The van der Waals surface area contributed by atoms with Crippen molar-refractivity contribution in [3.63, 3.8) is 0 Å². The summed E-state index contributed by atoms with van der Waals surface area (Å²) in [7, 11) is 1.52. The number of amides is 2. The van der Waals surface area contributed by atoms with Gasteiger partial charge in [-0.05, 0) is 24.3 Å². The van der Waals surface area contributed by atoms with E-state index in [0.717, 1.165) is 0 Å². The van der Waals surface area contributed by atoms with Crippen molar-refractivity contribution in [3.05, 3.63) is 24.3 Å². The minimum Gasteiger partial charge on any atom is -0.497 e. The number of nitrogens with two attached hydrogens (primary N) is 1. The second kappa shape index (κ2) is 6.15. The standard InChI is InChI=1S/C11H15F2N3O2/c1-18-9-4-2-8(3-5-9)16-10(17)15-7-11(12,13)6-14/h2-5H,6-7,14H2,1H3,(H2,15,16,17). The van der Waals surface area contributed by atoms with E-state index in [0.29, 0.717) is 11.4 Å². The molecule has 0 aliphatic rings. The second-order valence-electron chi connectivity index (χ2n) is 3.60. The number of urea groups is 1. The summed E-state index contributed by atoms with van der Waals surface area (Å²) in [5.41, 5.74) is 5.32. The molecule has 0 aromatic heterocycles. The van der Waals surface area contributed by atoms with E-state index in [1.54, 1.807) is 24.3 Å². The van der Waals surface area contributed by atoms with Gasteiger partial charge in [-0.1, -0.05) is 0 Å². The summed E-state index contributed by atoms with van der Waals surface area (Å²) in [6, 6.07) is 5.76. The summed E-state index contributed by atoms with van der Waals surface area (Å²) < 4.78 is 30.5. The van der Waals surface area contributed by atoms with Crippen LogP contribution in [0, 0.1) is 0 Å². The van der Waals surface area contributed by atoms with Crippen LogP contribution in [0.15, 0.2) is 24.3 Å². The number of alkyl halides is 2. The molecule has 0 fully saturated rings. The number of carbonyl (C=O) groups excluding carboxylic acids is 1. The molecule has 7 heteroatoms. The van der Waals surface area contributed by atoms with Gasteiger partial charge in [0.05, 0.1) is 20.2 Å². The molecule has 0 radical (unpaired) electrons. The SMILES string of the molecule is COc1ccc(NC(=O)NCC(F)(F)CN)cc1. The van der Waals surface area contributed by atoms with Crippen molar-refractivity contribution in [2.45, 2.75) is 5.92 Å². The average molecular weight is 259 g/mol. The monoisotopic (exact) mass is 259 g/mol. The first-order valence-corrected chi connectivity index (χ1v) is 5.23. The van der Waals surface area contributed by atoms with Gasteiger partial charge in [-0.25, -0.2) is 13.6 Å². The van der Waals surface area contributed by atoms with Crippen LogP contribution in [-0.2, 0) is 0 Å². The normalized spacial score (nSPS) is 10.9. The van der Waals surface area contributed by atoms with Crippen LogP contribution in [0.3, 0.4) is 0 Å². The highest BCUT2D eigenvalue weighted by Gasteiger charge is 2.27. The van der Waals surface area contributed by atoms with E-state index in [9.17, 15) is 13.6 Å². The fourth-order valence-corrected chi connectivity index (χ4v) is 1.13. The van der Waals surface area contributed by atoms with Crippen LogP contribution < -0.4 is 21.1 Å². The van der Waals surface area contributed by atoms with E-state index in [1.807, 2.05) is 5.32 Å². The Morgan fingerprint density at radius 1 is 1.39 bits per heavy atom. The van der Waals surface area contributed by atoms with E-state index in [4.69, 9.17) is 10.5 Å². The topological polar surface area (TPSA) is 76.4 Å². The number of hydrogen-bond acceptors (Lipinski definition) is 3. The number of anilines is 1. The van der Waals surface area contributed by atoms with Gasteiger partial charge in [0.1, 0.15) is 5.75 Å². The number of nitrogens with one attached hydrogen (secondary N) is 2. The molecule has 1 aromatic rings. The summed E-state index contributed by atoms with van der Waals surface area (Å²) in [6.07, 6.45) is 0. The number of halogens is 2. The lowest BCUT2D eigenvalue weighted by Crippen LogP contribution is -2.43. The summed E-state index contributed by atoms with van der Waals surface area (Å²) in [5, 5.41) is 4.45. The lowest BCUT2D eigenvalue weighted by molar-refractivity contribution is 0.0148. The quantitative estimate of drug-likeness (QED) is 0.748. The van der Waals surface area contributed by atoms with Crippen molar-refractivity contribution in [2.75, 3.05) is 25.5 Å². The molecule has 4 N–H and O–H groups in total. The second-order valence-corrected chi connectivity index (χ2v) is 3.60. The molecule has 100 valence electrons. The van der Waals surface area contributed by atoms with E-state index in [2.05, 4.69) is 5.32 Å². The van der Waals surface area contributed by atoms with Crippen LogP contribution in [-0.4, -0.2) is 32.2 Å². The van der Waals surface area contributed by atoms with Gasteiger partial charge in [0.2, 0.25) is 0 Å². The maximum absolute atomic E-state index is 12.8. The molecular formula is C11H15F2N3O2. The van der Waals surface area contributed by atoms with Crippen LogP contribution in [0.1, 0.15) is 0 Å². The molecule has 0 spiro atoms. The first-order valence-electron chi connectivity index (χ1n) is 5.23. The zero-order valence-corrected chi connectivity index (χ0v) is 9.87. The average Bonchev–Trinajstić information content (AvgIpc) is 2.37. The summed E-state index contributed by atoms with van der Waals surface area (Å²) in [4.78, 5) is 11.3. The molecule has 0 heterocycles. The Labute approximate surface area is 103 Å². The van der Waals surface area contributed by atoms with Crippen LogP contribution in [0.5, 0.6) is 5.75 Å². The van der Waals surface area contributed by atoms with E-state index in [1.165, 1.54) is 7.11 Å². The molecular weight excluding hydrogens is 244 g/mol. The zero-order valence-electron chi connectivity index (χ0n) is 9.87. The molecule has 5 nitrogen and oxygen atoms in total. The number of hydrogen-bond donors (Lipinski definition) is 3. The number of benzene rings is 1. The molecule has 1 aromatic carbocycles. The van der Waals surface area contributed by atoms with Gasteiger partial charge in [-0.15, -0.1) is 0 Å². The molecule has 1 rings (SSSR count). The minimum absolute atomic E-state index is 0.476. The largest absolute Gasteiger partial charge is 0.497 e. The number of carbonyl (C=O) groups is 1. The highest BCUT2D eigenvalue weighted by Crippen LogP contribution is 2.15. The third-order valence-electron chi connectivity index (χ3n) is 2.15. The Morgan fingerprint density at radius 3 is 2.50 bits per heavy atom. The molecule has 2 amide bonds. The minimum atomic E-state index is -3.10. The van der Waals surface area contributed by atoms with Crippen LogP contribution in [0.2, 0.25) is 0 Å². The first-order chi connectivity index (χ1) is 8.46. The molecule has 0 aliphatic carbocycles. The van der Waals surface area contributed by atoms with Crippen molar-refractivity contribution in [3.8, 4) is 5.75 Å². The van der Waals surface area contributed by atoms with Gasteiger partial charge in [0.25, 0.3) is 5.92 Å². The maximum atomic E-state index is 12.8. The van der Waals surface area contributed by atoms with Gasteiger partial charge in [-0.2, -0.15) is 0 Å². The van der Waals surface area contributed by atoms with Crippen LogP contribution in [0.4, 0.5) is 19.3 Å². The molecule has 0 atom stereocenters. The van der Waals surface area contributed by atoms with Gasteiger partial charge in [0, 0.05) is 5.69 Å². The molecule has 0 unspecified atom stereocenters. The Bertz CT molecular complexity index is 396. The predicted octanol–water partition coefficient (Wildman–Crippen LogP) is 1.41. The molecule has 18 heavy (non-hydrogen) atoms. The molecule has 0 aliphatic heterocycles. The van der Waals surface area contributed by atoms with Crippen molar-refractivity contribution >= 4 is 11.7 Å². The number of ether oxygens (including phenoxy) is 1. The first kappa shape index (κ1) is 14.2. The summed E-state index contributed by atoms with van der Waals surface area (Å²) in [6.45, 7) is -1.61. The molecule has 0 saturated heterocycles. The molecule has 0 bridgehead atoms. The van der Waals surface area contributed by atoms with Gasteiger partial charge in [0.15, 0.2) is 0 Å². The van der Waals surface area contributed by atoms with E-state index < -0.39 is 25.0 Å². The fourth-order valence-electron chi connectivity index (χ4n) is 1.13. The Hall–Kier alpha value is -1.89. The van der Waals surface area contributed by atoms with Crippen molar-refractivity contribution < 1.29 is 18.3 Å². The molecule has 0 saturated carbocycles. The number of methoxy groups -OCH3 is 1. The third kappa shape index (κ3) is 4.54. The van der Waals surface area contributed by atoms with Gasteiger partial charge < -0.3 is 21.1 Å². The van der Waals surface area contributed by atoms with Crippen LogP contribution >= 0.6 is 0 Å². The van der Waals surface area contributed by atoms with Gasteiger partial charge >= 0.3 is 6.03 Å². The Morgan fingerprint density at radius 2 is 2.00 bits per heavy atom. The van der Waals surface area contributed by atoms with Crippen molar-refractivity contribution in [2.24, 2.45) is 5.73 Å². The van der Waals surface area contributed by atoms with Crippen molar-refractivity contribution in [1.29, 1.82) is 0 Å². The predicted molar refractivity (Wildman–Crippen MR) is 64.0 cm³/mol. The summed E-state index contributed by atoms with van der Waals surface area (Å²) >= 11 is 0. The fraction of sp³-hybridized carbons (Fsp3) is 0.364. The van der Waals surface area contributed by atoms with E-state index >= 15 is 0 Å². The van der Waals surface area contributed by atoms with Crippen molar-refractivity contribution in [1.82, 2.24) is 5.32 Å². The van der Waals surface area contributed by atoms with E-state index in [-0.39, 0.29) is 0 Å². The smallest absolute Gasteiger partial charge is 0.319 e. The Balaban J connectivity index is 2.44. The van der Waals surface area contributed by atoms with Gasteiger partial charge in [-0.3, -0.25) is 0 Å².